The topological polar surface area (TPSA) is 85.6 Å². The van der Waals surface area contributed by atoms with Crippen LogP contribution in [-0.2, 0) is 23.1 Å². The third-order valence-electron chi connectivity index (χ3n) is 6.39. The van der Waals surface area contributed by atoms with Gasteiger partial charge in [0.05, 0.1) is 12.2 Å². The van der Waals surface area contributed by atoms with E-state index in [0.717, 1.165) is 63.1 Å². The van der Waals surface area contributed by atoms with Crippen molar-refractivity contribution < 1.29 is 9.47 Å². The zero-order chi connectivity index (χ0) is 20.9. The van der Waals surface area contributed by atoms with Gasteiger partial charge >= 0.3 is 0 Å². The zero-order valence-electron chi connectivity index (χ0n) is 19.1. The van der Waals surface area contributed by atoms with Gasteiger partial charge in [0, 0.05) is 38.3 Å². The molecule has 1 aromatic rings. The molecule has 2 heterocycles. The predicted octanol–water partition coefficient (Wildman–Crippen LogP) is 2.94. The Morgan fingerprint density at radius 3 is 2.77 bits per heavy atom. The fourth-order valence-corrected chi connectivity index (χ4v) is 3.86. The first-order chi connectivity index (χ1) is 13.9. The molecule has 2 N–H and O–H groups in total. The van der Waals surface area contributed by atoms with Gasteiger partial charge in [-0.25, -0.2) is 4.99 Å². The van der Waals surface area contributed by atoms with E-state index in [4.69, 9.17) is 14.5 Å². The largest absolute Gasteiger partial charge is 0.378 e. The van der Waals surface area contributed by atoms with Gasteiger partial charge in [-0.2, -0.15) is 0 Å². The van der Waals surface area contributed by atoms with Gasteiger partial charge in [0.15, 0.2) is 11.8 Å². The highest BCUT2D eigenvalue weighted by molar-refractivity contribution is 14.0. The second-order valence-electron chi connectivity index (χ2n) is 8.87. The summed E-state index contributed by atoms with van der Waals surface area (Å²) in [6.07, 6.45) is 6.09. The van der Waals surface area contributed by atoms with Crippen LogP contribution in [0.15, 0.2) is 4.99 Å². The van der Waals surface area contributed by atoms with E-state index in [2.05, 4.69) is 41.6 Å². The van der Waals surface area contributed by atoms with Crippen molar-refractivity contribution >= 4 is 29.9 Å². The van der Waals surface area contributed by atoms with Gasteiger partial charge in [-0.15, -0.1) is 34.2 Å². The molecule has 9 heteroatoms. The van der Waals surface area contributed by atoms with Gasteiger partial charge in [0.1, 0.15) is 12.4 Å². The molecule has 1 saturated carbocycles. The van der Waals surface area contributed by atoms with Crippen LogP contribution in [0, 0.1) is 12.3 Å². The molecule has 0 spiro atoms. The minimum Gasteiger partial charge on any atom is -0.378 e. The number of aryl methyl sites for hydroxylation is 1. The summed E-state index contributed by atoms with van der Waals surface area (Å²) in [5, 5.41) is 15.5. The molecule has 1 aromatic heterocycles. The molecule has 3 atom stereocenters. The second kappa shape index (κ2) is 11.6. The molecule has 8 nitrogen and oxygen atoms in total. The minimum absolute atomic E-state index is 0. The lowest BCUT2D eigenvalue weighted by Crippen LogP contribution is -2.63. The average molecular weight is 534 g/mol. The van der Waals surface area contributed by atoms with Gasteiger partial charge in [0.25, 0.3) is 0 Å². The molecule has 3 rings (SSSR count). The minimum atomic E-state index is 0. The Balaban J connectivity index is 0.00000320. The summed E-state index contributed by atoms with van der Waals surface area (Å²) in [5.41, 5.74) is 0.0709. The lowest BCUT2D eigenvalue weighted by Gasteiger charge is -2.52. The lowest BCUT2D eigenvalue weighted by atomic mass is 9.64. The lowest BCUT2D eigenvalue weighted by molar-refractivity contribution is -0.113. The van der Waals surface area contributed by atoms with E-state index >= 15 is 0 Å². The molecular formula is C21H39IN6O2. The van der Waals surface area contributed by atoms with Crippen molar-refractivity contribution in [1.82, 2.24) is 25.4 Å². The molecule has 0 bridgehead atoms. The van der Waals surface area contributed by atoms with Crippen LogP contribution in [0.1, 0.15) is 64.5 Å². The third-order valence-corrected chi connectivity index (χ3v) is 6.39. The molecular weight excluding hydrogens is 495 g/mol. The number of hydrogen-bond donors (Lipinski definition) is 2. The average Bonchev–Trinajstić information content (AvgIpc) is 3.33. The van der Waals surface area contributed by atoms with Gasteiger partial charge in [-0.1, -0.05) is 27.2 Å². The van der Waals surface area contributed by atoms with Crippen molar-refractivity contribution in [3.05, 3.63) is 11.6 Å². The quantitative estimate of drug-likeness (QED) is 0.219. The van der Waals surface area contributed by atoms with Gasteiger partial charge in [0.2, 0.25) is 0 Å². The van der Waals surface area contributed by atoms with E-state index in [9.17, 15) is 0 Å². The van der Waals surface area contributed by atoms with Gasteiger partial charge in [-0.3, -0.25) is 0 Å². The van der Waals surface area contributed by atoms with E-state index in [1.807, 2.05) is 18.5 Å². The highest BCUT2D eigenvalue weighted by Crippen LogP contribution is 2.42. The summed E-state index contributed by atoms with van der Waals surface area (Å²) in [5.74, 6) is 2.56. The summed E-state index contributed by atoms with van der Waals surface area (Å²) in [6, 6.07) is 0.325. The Morgan fingerprint density at radius 2 is 2.17 bits per heavy atom. The van der Waals surface area contributed by atoms with Crippen molar-refractivity contribution in [1.29, 1.82) is 0 Å². The Kier molecular flexibility index (Phi) is 9.80. The normalized spacial score (nSPS) is 25.5. The first-order valence-corrected chi connectivity index (χ1v) is 11.0. The number of hydrogen-bond acceptors (Lipinski definition) is 5. The highest BCUT2D eigenvalue weighted by atomic mass is 127. The SMILES string of the molecule is CCCCOC1CC(NC(=NCc2nnc(C)n2C)NCC2CCCO2)C1(C)C.I. The van der Waals surface area contributed by atoms with Crippen LogP contribution in [-0.4, -0.2) is 58.7 Å². The number of nitrogens with zero attached hydrogens (tertiary/aromatic N) is 4. The van der Waals surface area contributed by atoms with Gasteiger partial charge in [-0.05, 0) is 32.6 Å². The smallest absolute Gasteiger partial charge is 0.192 e. The second-order valence-corrected chi connectivity index (χ2v) is 8.87. The van der Waals surface area contributed by atoms with Crippen molar-refractivity contribution in [2.75, 3.05) is 19.8 Å². The molecule has 30 heavy (non-hydrogen) atoms. The number of halogens is 1. The van der Waals surface area contributed by atoms with Crippen LogP contribution < -0.4 is 10.6 Å². The third kappa shape index (κ3) is 6.29. The summed E-state index contributed by atoms with van der Waals surface area (Å²) in [6.45, 7) is 11.7. The molecule has 2 fully saturated rings. The number of nitrogens with one attached hydrogen (secondary N) is 2. The number of unbranched alkanes of at least 4 members (excludes halogenated alkanes) is 1. The van der Waals surface area contributed by atoms with E-state index < -0.39 is 0 Å². The molecule has 0 radical (unpaired) electrons. The zero-order valence-corrected chi connectivity index (χ0v) is 21.4. The molecule has 3 unspecified atom stereocenters. The van der Waals surface area contributed by atoms with Crippen LogP contribution >= 0.6 is 24.0 Å². The summed E-state index contributed by atoms with van der Waals surface area (Å²) in [4.78, 5) is 4.79. The number of ether oxygens (including phenoxy) is 2. The fraction of sp³-hybridized carbons (Fsp3) is 0.857. The fourth-order valence-electron chi connectivity index (χ4n) is 3.86. The standard InChI is InChI=1S/C21H38N6O2.HI/c1-6-7-10-29-18-12-17(21(18,3)4)24-20(22-13-16-9-8-11-28-16)23-14-19-26-25-15(2)27(19)5;/h16-18H,6-14H2,1-5H3,(H2,22,23,24);1H. The van der Waals surface area contributed by atoms with E-state index in [1.54, 1.807) is 0 Å². The Labute approximate surface area is 198 Å². The molecule has 172 valence electrons. The molecule has 2 aliphatic rings. The first-order valence-electron chi connectivity index (χ1n) is 11.0. The van der Waals surface area contributed by atoms with Crippen LogP contribution in [0.25, 0.3) is 0 Å². The maximum absolute atomic E-state index is 6.09. The first kappa shape index (κ1) is 25.3. The van der Waals surface area contributed by atoms with E-state index in [-0.39, 0.29) is 35.5 Å². The van der Waals surface area contributed by atoms with Crippen molar-refractivity contribution in [3.8, 4) is 0 Å². The van der Waals surface area contributed by atoms with Crippen molar-refractivity contribution in [2.24, 2.45) is 17.5 Å². The number of aliphatic imine (C=N–C) groups is 1. The summed E-state index contributed by atoms with van der Waals surface area (Å²) in [7, 11) is 1.97. The van der Waals surface area contributed by atoms with E-state index in [1.165, 1.54) is 6.42 Å². The molecule has 0 aromatic carbocycles. The molecule has 1 aliphatic carbocycles. The maximum Gasteiger partial charge on any atom is 0.192 e. The predicted molar refractivity (Wildman–Crippen MR) is 129 cm³/mol. The van der Waals surface area contributed by atoms with Crippen LogP contribution in [0.2, 0.25) is 0 Å². The Hall–Kier alpha value is -0.940. The number of rotatable bonds is 9. The number of aromatic nitrogens is 3. The number of guanidine groups is 1. The summed E-state index contributed by atoms with van der Waals surface area (Å²) >= 11 is 0. The van der Waals surface area contributed by atoms with Crippen molar-refractivity contribution in [3.63, 3.8) is 0 Å². The molecule has 1 aliphatic heterocycles. The maximum atomic E-state index is 6.09. The monoisotopic (exact) mass is 534 g/mol. The van der Waals surface area contributed by atoms with E-state index in [0.29, 0.717) is 18.7 Å². The highest BCUT2D eigenvalue weighted by Gasteiger charge is 2.49. The van der Waals surface area contributed by atoms with Crippen molar-refractivity contribution in [2.45, 2.75) is 84.6 Å². The molecule has 0 amide bonds. The molecule has 1 saturated heterocycles. The van der Waals surface area contributed by atoms with Crippen LogP contribution in [0.5, 0.6) is 0 Å². The van der Waals surface area contributed by atoms with Crippen LogP contribution in [0.3, 0.4) is 0 Å². The van der Waals surface area contributed by atoms with Crippen LogP contribution in [0.4, 0.5) is 0 Å². The Bertz CT molecular complexity index is 687. The summed E-state index contributed by atoms with van der Waals surface area (Å²) < 4.78 is 13.8. The Morgan fingerprint density at radius 1 is 1.37 bits per heavy atom. The van der Waals surface area contributed by atoms with Gasteiger partial charge < -0.3 is 24.7 Å².